The number of anilines is 1. The molecule has 2 aromatic carbocycles. The second-order valence-electron chi connectivity index (χ2n) is 6.84. The zero-order valence-corrected chi connectivity index (χ0v) is 17.1. The lowest BCUT2D eigenvalue weighted by Crippen LogP contribution is -2.58. The molecule has 6 nitrogen and oxygen atoms in total. The summed E-state index contributed by atoms with van der Waals surface area (Å²) in [6.45, 7) is 4.64. The second kappa shape index (κ2) is 7.81. The van der Waals surface area contributed by atoms with Crippen molar-refractivity contribution in [2.45, 2.75) is 30.8 Å². The molecular weight excluding hydrogens is 396 g/mol. The normalized spacial score (nSPS) is 20.4. The maximum Gasteiger partial charge on any atom is 0.243 e. The van der Waals surface area contributed by atoms with Gasteiger partial charge in [-0.25, -0.2) is 8.42 Å². The molecule has 1 aliphatic heterocycles. The summed E-state index contributed by atoms with van der Waals surface area (Å²) in [5.74, 6) is 0. The zero-order chi connectivity index (χ0) is 20.5. The van der Waals surface area contributed by atoms with Crippen molar-refractivity contribution < 1.29 is 8.42 Å². The van der Waals surface area contributed by atoms with E-state index < -0.39 is 10.0 Å². The van der Waals surface area contributed by atoms with Crippen LogP contribution in [0, 0.1) is 22.7 Å². The highest BCUT2D eigenvalue weighted by Crippen LogP contribution is 2.30. The molecule has 0 saturated carbocycles. The van der Waals surface area contributed by atoms with E-state index in [0.717, 1.165) is 5.69 Å². The molecule has 0 unspecified atom stereocenters. The van der Waals surface area contributed by atoms with Gasteiger partial charge < -0.3 is 4.90 Å². The number of hydrogen-bond donors (Lipinski definition) is 0. The first-order chi connectivity index (χ1) is 13.3. The van der Waals surface area contributed by atoms with Crippen LogP contribution in [-0.4, -0.2) is 37.9 Å². The number of rotatable bonds is 3. The molecule has 3 rings (SSSR count). The van der Waals surface area contributed by atoms with Crippen molar-refractivity contribution in [3.63, 3.8) is 0 Å². The van der Waals surface area contributed by atoms with E-state index in [1.807, 2.05) is 32.1 Å². The molecule has 1 saturated heterocycles. The lowest BCUT2D eigenvalue weighted by Gasteiger charge is -2.44. The summed E-state index contributed by atoms with van der Waals surface area (Å²) < 4.78 is 27.7. The molecule has 1 heterocycles. The van der Waals surface area contributed by atoms with Crippen molar-refractivity contribution in [1.29, 1.82) is 10.5 Å². The molecule has 2 aromatic rings. The number of benzene rings is 2. The van der Waals surface area contributed by atoms with Gasteiger partial charge in [0, 0.05) is 30.9 Å². The fraction of sp³-hybridized carbons (Fsp3) is 0.300. The predicted octanol–water partition coefficient (Wildman–Crippen LogP) is 3.37. The summed E-state index contributed by atoms with van der Waals surface area (Å²) in [6.07, 6.45) is 0. The summed E-state index contributed by atoms with van der Waals surface area (Å²) in [6, 6.07) is 14.9. The number of halogens is 1. The van der Waals surface area contributed by atoms with Gasteiger partial charge in [-0.1, -0.05) is 11.6 Å². The number of hydrogen-bond acceptors (Lipinski definition) is 5. The summed E-state index contributed by atoms with van der Waals surface area (Å²) >= 11 is 6.16. The molecule has 0 aromatic heterocycles. The van der Waals surface area contributed by atoms with E-state index in [9.17, 15) is 8.42 Å². The summed E-state index contributed by atoms with van der Waals surface area (Å²) in [5.41, 5.74) is 1.69. The average Bonchev–Trinajstić information content (AvgIpc) is 2.69. The highest BCUT2D eigenvalue weighted by molar-refractivity contribution is 7.89. The van der Waals surface area contributed by atoms with Gasteiger partial charge in [0.2, 0.25) is 10.0 Å². The molecule has 1 fully saturated rings. The number of sulfonamides is 1. The van der Waals surface area contributed by atoms with Crippen molar-refractivity contribution in [1.82, 2.24) is 4.31 Å². The maximum absolute atomic E-state index is 13.1. The van der Waals surface area contributed by atoms with E-state index in [4.69, 9.17) is 22.1 Å². The highest BCUT2D eigenvalue weighted by Gasteiger charge is 2.37. The molecule has 0 aliphatic carbocycles. The van der Waals surface area contributed by atoms with Crippen LogP contribution in [-0.2, 0) is 10.0 Å². The van der Waals surface area contributed by atoms with E-state index >= 15 is 0 Å². The number of nitriles is 2. The molecule has 0 N–H and O–H groups in total. The van der Waals surface area contributed by atoms with E-state index in [0.29, 0.717) is 29.2 Å². The zero-order valence-electron chi connectivity index (χ0n) is 15.5. The van der Waals surface area contributed by atoms with Gasteiger partial charge >= 0.3 is 0 Å². The standard InChI is InChI=1S/C20H19ClN4O2S/c1-14-13-25(28(26,27)19-7-3-16(10-22)4-8-19)15(2)12-24(14)18-6-5-17(11-23)20(21)9-18/h3-9,14-15H,12-13H2,1-2H3/t14-,15+/m0/s1. The summed E-state index contributed by atoms with van der Waals surface area (Å²) in [4.78, 5) is 2.28. The third-order valence-corrected chi connectivity index (χ3v) is 7.23. The molecule has 28 heavy (non-hydrogen) atoms. The Kier molecular flexibility index (Phi) is 5.62. The Labute approximate surface area is 170 Å². The van der Waals surface area contributed by atoms with Crippen LogP contribution in [0.3, 0.4) is 0 Å². The molecule has 8 heteroatoms. The Hall–Kier alpha value is -2.58. The minimum absolute atomic E-state index is 0.0756. The SMILES string of the molecule is C[C@@H]1CN(c2ccc(C#N)c(Cl)c2)[C@@H](C)CN1S(=O)(=O)c1ccc(C#N)cc1. The summed E-state index contributed by atoms with van der Waals surface area (Å²) in [7, 11) is -3.67. The van der Waals surface area contributed by atoms with Gasteiger partial charge in [-0.2, -0.15) is 14.8 Å². The van der Waals surface area contributed by atoms with Crippen LogP contribution in [0.25, 0.3) is 0 Å². The van der Waals surface area contributed by atoms with Gasteiger partial charge in [0.1, 0.15) is 6.07 Å². The number of piperazine rings is 1. The van der Waals surface area contributed by atoms with Crippen LogP contribution in [0.4, 0.5) is 5.69 Å². The van der Waals surface area contributed by atoms with Crippen LogP contribution >= 0.6 is 11.6 Å². The smallest absolute Gasteiger partial charge is 0.243 e. The largest absolute Gasteiger partial charge is 0.366 e. The third-order valence-electron chi connectivity index (χ3n) is 4.92. The molecule has 0 radical (unpaired) electrons. The Morgan fingerprint density at radius 3 is 2.25 bits per heavy atom. The Bertz CT molecular complexity index is 1070. The monoisotopic (exact) mass is 414 g/mol. The van der Waals surface area contributed by atoms with Gasteiger partial charge in [0.15, 0.2) is 0 Å². The van der Waals surface area contributed by atoms with Gasteiger partial charge in [-0.15, -0.1) is 0 Å². The third kappa shape index (κ3) is 3.70. The van der Waals surface area contributed by atoms with E-state index in [1.54, 1.807) is 12.1 Å². The predicted molar refractivity (Wildman–Crippen MR) is 107 cm³/mol. The van der Waals surface area contributed by atoms with E-state index in [-0.39, 0.29) is 17.0 Å². The van der Waals surface area contributed by atoms with Gasteiger partial charge in [-0.3, -0.25) is 0 Å². The topological polar surface area (TPSA) is 88.2 Å². The molecule has 2 atom stereocenters. The fourth-order valence-electron chi connectivity index (χ4n) is 3.40. The lowest BCUT2D eigenvalue weighted by molar-refractivity contribution is 0.273. The van der Waals surface area contributed by atoms with Crippen molar-refractivity contribution in [2.75, 3.05) is 18.0 Å². The van der Waals surface area contributed by atoms with Crippen LogP contribution in [0.5, 0.6) is 0 Å². The van der Waals surface area contributed by atoms with Crippen LogP contribution < -0.4 is 4.90 Å². The second-order valence-corrected chi connectivity index (χ2v) is 9.14. The van der Waals surface area contributed by atoms with Crippen molar-refractivity contribution in [2.24, 2.45) is 0 Å². The van der Waals surface area contributed by atoms with Crippen molar-refractivity contribution in [3.05, 3.63) is 58.6 Å². The van der Waals surface area contributed by atoms with Gasteiger partial charge in [-0.05, 0) is 56.3 Å². The fourth-order valence-corrected chi connectivity index (χ4v) is 5.32. The van der Waals surface area contributed by atoms with Crippen molar-refractivity contribution in [3.8, 4) is 12.1 Å². The van der Waals surface area contributed by atoms with Crippen molar-refractivity contribution >= 4 is 27.3 Å². The Balaban J connectivity index is 1.85. The maximum atomic E-state index is 13.1. The minimum Gasteiger partial charge on any atom is -0.366 e. The Morgan fingerprint density at radius 1 is 1.00 bits per heavy atom. The average molecular weight is 415 g/mol. The molecule has 0 amide bonds. The van der Waals surface area contributed by atoms with E-state index in [2.05, 4.69) is 4.90 Å². The van der Waals surface area contributed by atoms with Crippen LogP contribution in [0.2, 0.25) is 5.02 Å². The summed E-state index contributed by atoms with van der Waals surface area (Å²) in [5, 5.41) is 18.3. The van der Waals surface area contributed by atoms with Crippen LogP contribution in [0.1, 0.15) is 25.0 Å². The first-order valence-electron chi connectivity index (χ1n) is 8.76. The van der Waals surface area contributed by atoms with Crippen LogP contribution in [0.15, 0.2) is 47.4 Å². The van der Waals surface area contributed by atoms with Gasteiger partial charge in [0.25, 0.3) is 0 Å². The Morgan fingerprint density at radius 2 is 1.68 bits per heavy atom. The quantitative estimate of drug-likeness (QED) is 0.768. The molecule has 144 valence electrons. The molecule has 0 spiro atoms. The lowest BCUT2D eigenvalue weighted by atomic mass is 10.1. The molecule has 0 bridgehead atoms. The number of nitrogens with zero attached hydrogens (tertiary/aromatic N) is 4. The highest BCUT2D eigenvalue weighted by atomic mass is 35.5. The molecule has 1 aliphatic rings. The minimum atomic E-state index is -3.67. The first-order valence-corrected chi connectivity index (χ1v) is 10.6. The first kappa shape index (κ1) is 20.2. The molecular formula is C20H19ClN4O2S. The van der Waals surface area contributed by atoms with E-state index in [1.165, 1.54) is 28.6 Å². The van der Waals surface area contributed by atoms with Gasteiger partial charge in [0.05, 0.1) is 27.1 Å².